The van der Waals surface area contributed by atoms with Crippen LogP contribution in [0, 0.1) is 6.92 Å². The molecule has 0 aromatic carbocycles. The molecule has 4 nitrogen and oxygen atoms in total. The molecule has 0 spiro atoms. The molecule has 2 heterocycles. The van der Waals surface area contributed by atoms with Gasteiger partial charge < -0.3 is 10.3 Å². The molecule has 1 aromatic heterocycles. The molecule has 0 amide bonds. The van der Waals surface area contributed by atoms with Crippen molar-refractivity contribution in [2.75, 3.05) is 13.1 Å². The van der Waals surface area contributed by atoms with Crippen LogP contribution in [0.1, 0.15) is 43.6 Å². The van der Waals surface area contributed by atoms with E-state index < -0.39 is 0 Å². The number of aromatic amines is 1. The van der Waals surface area contributed by atoms with E-state index in [1.54, 1.807) is 0 Å². The Morgan fingerprint density at radius 2 is 2.12 bits per heavy atom. The van der Waals surface area contributed by atoms with Gasteiger partial charge in [-0.15, -0.1) is 0 Å². The van der Waals surface area contributed by atoms with Gasteiger partial charge in [-0.05, 0) is 45.4 Å². The smallest absolute Gasteiger partial charge is 0.317 e. The highest BCUT2D eigenvalue weighted by atomic mass is 16.1. The van der Waals surface area contributed by atoms with Crippen molar-refractivity contribution in [3.63, 3.8) is 0 Å². The summed E-state index contributed by atoms with van der Waals surface area (Å²) in [4.78, 5) is 14.9. The van der Waals surface area contributed by atoms with E-state index in [0.29, 0.717) is 6.04 Å². The lowest BCUT2D eigenvalue weighted by Crippen LogP contribution is -2.33. The van der Waals surface area contributed by atoms with Crippen molar-refractivity contribution in [1.82, 2.24) is 14.9 Å². The van der Waals surface area contributed by atoms with Gasteiger partial charge in [0.15, 0.2) is 0 Å². The minimum absolute atomic E-state index is 0.0325. The van der Waals surface area contributed by atoms with Gasteiger partial charge in [0, 0.05) is 11.7 Å². The molecule has 0 unspecified atom stereocenters. The Bertz CT molecular complexity index is 450. The maximum absolute atomic E-state index is 12.0. The second-order valence-electron chi connectivity index (χ2n) is 4.60. The fraction of sp³-hybridized carbons (Fsp3) is 0.615. The molecular weight excluding hydrogens is 214 g/mol. The molecule has 4 heteroatoms. The van der Waals surface area contributed by atoms with Gasteiger partial charge in [-0.1, -0.05) is 13.0 Å². The molecule has 2 rings (SSSR count). The van der Waals surface area contributed by atoms with Crippen LogP contribution >= 0.6 is 0 Å². The van der Waals surface area contributed by atoms with Gasteiger partial charge >= 0.3 is 5.69 Å². The van der Waals surface area contributed by atoms with Crippen LogP contribution in [-0.4, -0.2) is 22.6 Å². The van der Waals surface area contributed by atoms with Crippen molar-refractivity contribution < 1.29 is 0 Å². The fourth-order valence-corrected chi connectivity index (χ4v) is 2.44. The molecule has 0 saturated carbocycles. The number of nitrogens with zero attached hydrogens (tertiary/aromatic N) is 1. The summed E-state index contributed by atoms with van der Waals surface area (Å²) in [7, 11) is 0. The van der Waals surface area contributed by atoms with Crippen LogP contribution in [0.4, 0.5) is 0 Å². The van der Waals surface area contributed by atoms with Crippen LogP contribution in [0.2, 0.25) is 0 Å². The van der Waals surface area contributed by atoms with Crippen LogP contribution < -0.4 is 11.0 Å². The van der Waals surface area contributed by atoms with E-state index in [0.717, 1.165) is 43.7 Å². The van der Waals surface area contributed by atoms with Gasteiger partial charge in [-0.2, -0.15) is 0 Å². The molecule has 0 radical (unpaired) electrons. The predicted octanol–water partition coefficient (Wildman–Crippen LogP) is 1.83. The van der Waals surface area contributed by atoms with Crippen LogP contribution in [0.5, 0.6) is 0 Å². The van der Waals surface area contributed by atoms with Gasteiger partial charge in [-0.3, -0.25) is 4.57 Å². The second-order valence-corrected chi connectivity index (χ2v) is 4.60. The van der Waals surface area contributed by atoms with Crippen LogP contribution in [-0.2, 0) is 0 Å². The maximum atomic E-state index is 12.0. The van der Waals surface area contributed by atoms with E-state index in [2.05, 4.69) is 29.4 Å². The highest BCUT2D eigenvalue weighted by Crippen LogP contribution is 2.20. The highest BCUT2D eigenvalue weighted by Gasteiger charge is 2.20. The predicted molar refractivity (Wildman–Crippen MR) is 70.3 cm³/mol. The Kier molecular flexibility index (Phi) is 3.84. The number of nitrogens with one attached hydrogen (secondary N) is 2. The van der Waals surface area contributed by atoms with Crippen LogP contribution in [0.3, 0.4) is 0 Å². The molecule has 1 saturated heterocycles. The van der Waals surface area contributed by atoms with Crippen molar-refractivity contribution in [3.05, 3.63) is 27.9 Å². The number of hydrogen-bond donors (Lipinski definition) is 2. The molecule has 1 aliphatic rings. The minimum atomic E-state index is 0.0325. The number of aromatic nitrogens is 2. The molecule has 0 bridgehead atoms. The van der Waals surface area contributed by atoms with Gasteiger partial charge in [0.2, 0.25) is 0 Å². The minimum Gasteiger partial charge on any atom is -0.317 e. The van der Waals surface area contributed by atoms with Crippen molar-refractivity contribution in [2.24, 2.45) is 0 Å². The molecule has 1 fully saturated rings. The zero-order valence-corrected chi connectivity index (χ0v) is 10.6. The molecule has 1 aromatic rings. The standard InChI is InChI=1S/C13H21N3O/c1-3-4-5-12-10(2)15-13(17)16(12)11-6-8-14-9-7-11/h4-5,11,14H,3,6-9H2,1-2H3,(H,15,17)/b5-4-. The van der Waals surface area contributed by atoms with Gasteiger partial charge in [0.1, 0.15) is 0 Å². The number of allylic oxidation sites excluding steroid dienone is 1. The Morgan fingerprint density at radius 1 is 1.41 bits per heavy atom. The zero-order valence-electron chi connectivity index (χ0n) is 10.6. The van der Waals surface area contributed by atoms with Gasteiger partial charge in [0.25, 0.3) is 0 Å². The molecule has 94 valence electrons. The number of imidazole rings is 1. The van der Waals surface area contributed by atoms with E-state index in [9.17, 15) is 4.79 Å². The Labute approximate surface area is 102 Å². The summed E-state index contributed by atoms with van der Waals surface area (Å²) in [5, 5.41) is 3.33. The first-order chi connectivity index (χ1) is 8.24. The summed E-state index contributed by atoms with van der Waals surface area (Å²) in [6, 6.07) is 0.338. The lowest BCUT2D eigenvalue weighted by atomic mass is 10.1. The SMILES string of the molecule is CC/C=C\c1c(C)[nH]c(=O)n1C1CCNCC1. The van der Waals surface area contributed by atoms with Gasteiger partial charge in [0.05, 0.1) is 5.69 Å². The normalized spacial score (nSPS) is 18.0. The molecule has 1 aliphatic heterocycles. The number of H-pyrrole nitrogens is 1. The Balaban J connectivity index is 2.36. The van der Waals surface area contributed by atoms with Crippen LogP contribution in [0.25, 0.3) is 6.08 Å². The third-order valence-corrected chi connectivity index (χ3v) is 3.34. The number of hydrogen-bond acceptors (Lipinski definition) is 2. The summed E-state index contributed by atoms with van der Waals surface area (Å²) in [5.74, 6) is 0. The summed E-state index contributed by atoms with van der Waals surface area (Å²) in [6.07, 6.45) is 7.22. The number of rotatable bonds is 3. The average Bonchev–Trinajstić information content (AvgIpc) is 2.62. The molecule has 0 atom stereocenters. The summed E-state index contributed by atoms with van der Waals surface area (Å²) >= 11 is 0. The molecule has 17 heavy (non-hydrogen) atoms. The number of aryl methyl sites for hydroxylation is 1. The molecular formula is C13H21N3O. The quantitative estimate of drug-likeness (QED) is 0.839. The third kappa shape index (κ3) is 2.52. The lowest BCUT2D eigenvalue weighted by molar-refractivity contribution is 0.360. The van der Waals surface area contributed by atoms with E-state index in [4.69, 9.17) is 0 Å². The van der Waals surface area contributed by atoms with E-state index in [-0.39, 0.29) is 5.69 Å². The Hall–Kier alpha value is -1.29. The lowest BCUT2D eigenvalue weighted by Gasteiger charge is -2.24. The first kappa shape index (κ1) is 12.2. The van der Waals surface area contributed by atoms with Crippen molar-refractivity contribution in [2.45, 2.75) is 39.2 Å². The third-order valence-electron chi connectivity index (χ3n) is 3.34. The summed E-state index contributed by atoms with van der Waals surface area (Å²) < 4.78 is 1.93. The summed E-state index contributed by atoms with van der Waals surface area (Å²) in [5.41, 5.74) is 2.05. The highest BCUT2D eigenvalue weighted by molar-refractivity contribution is 5.48. The van der Waals surface area contributed by atoms with Gasteiger partial charge in [-0.25, -0.2) is 4.79 Å². The van der Waals surface area contributed by atoms with Crippen molar-refractivity contribution in [3.8, 4) is 0 Å². The largest absolute Gasteiger partial charge is 0.326 e. The van der Waals surface area contributed by atoms with Crippen molar-refractivity contribution in [1.29, 1.82) is 0 Å². The average molecular weight is 235 g/mol. The molecule has 0 aliphatic carbocycles. The molecule has 2 N–H and O–H groups in total. The van der Waals surface area contributed by atoms with E-state index >= 15 is 0 Å². The fourth-order valence-electron chi connectivity index (χ4n) is 2.44. The van der Waals surface area contributed by atoms with Crippen LogP contribution in [0.15, 0.2) is 10.9 Å². The topological polar surface area (TPSA) is 49.8 Å². The van der Waals surface area contributed by atoms with E-state index in [1.807, 2.05) is 11.5 Å². The second kappa shape index (κ2) is 5.36. The number of piperidine rings is 1. The first-order valence-corrected chi connectivity index (χ1v) is 6.42. The van der Waals surface area contributed by atoms with Crippen molar-refractivity contribution >= 4 is 6.08 Å². The summed E-state index contributed by atoms with van der Waals surface area (Å²) in [6.45, 7) is 6.07. The zero-order chi connectivity index (χ0) is 12.3. The maximum Gasteiger partial charge on any atom is 0.326 e. The first-order valence-electron chi connectivity index (χ1n) is 6.42. The van der Waals surface area contributed by atoms with E-state index in [1.165, 1.54) is 0 Å². The monoisotopic (exact) mass is 235 g/mol. The Morgan fingerprint density at radius 3 is 2.76 bits per heavy atom.